The Hall–Kier alpha value is -1.35. The van der Waals surface area contributed by atoms with Crippen LogP contribution in [0.1, 0.15) is 50.0 Å². The number of hydrogen-bond donors (Lipinski definition) is 3. The van der Waals surface area contributed by atoms with Gasteiger partial charge in [0.05, 0.1) is 6.10 Å². The first kappa shape index (κ1) is 26.6. The summed E-state index contributed by atoms with van der Waals surface area (Å²) >= 11 is 0. The van der Waals surface area contributed by atoms with Crippen molar-refractivity contribution in [2.24, 2.45) is 10.9 Å². The quantitative estimate of drug-likeness (QED) is 0.246. The lowest BCUT2D eigenvalue weighted by Crippen LogP contribution is -2.38. The molecule has 6 nitrogen and oxygen atoms in total. The first-order valence-corrected chi connectivity index (χ1v) is 9.96. The number of rotatable bonds is 11. The Morgan fingerprint density at radius 1 is 1.21 bits per heavy atom. The van der Waals surface area contributed by atoms with Gasteiger partial charge >= 0.3 is 0 Å². The van der Waals surface area contributed by atoms with Crippen molar-refractivity contribution >= 4 is 35.8 Å². The molecule has 7 heteroatoms. The molecule has 0 heterocycles. The van der Waals surface area contributed by atoms with Gasteiger partial charge in [-0.1, -0.05) is 26.0 Å². The Balaban J connectivity index is 0.00000729. The maximum atomic E-state index is 11.7. The number of carbonyl (C=O) groups excluding carboxylic acids is 1. The number of guanidine groups is 1. The number of nitrogens with zero attached hydrogens (tertiary/aromatic N) is 1. The molecular weight excluding hydrogens is 467 g/mol. The highest BCUT2D eigenvalue weighted by Gasteiger charge is 2.12. The van der Waals surface area contributed by atoms with Gasteiger partial charge in [-0.25, -0.2) is 0 Å². The second kappa shape index (κ2) is 15.6. The minimum atomic E-state index is -0.0614. The van der Waals surface area contributed by atoms with Gasteiger partial charge in [0.15, 0.2) is 5.96 Å². The molecule has 0 aliphatic heterocycles. The van der Waals surface area contributed by atoms with Crippen molar-refractivity contribution in [3.8, 4) is 0 Å². The van der Waals surface area contributed by atoms with Crippen LogP contribution in [0.15, 0.2) is 29.3 Å². The van der Waals surface area contributed by atoms with Crippen molar-refractivity contribution in [1.29, 1.82) is 0 Å². The summed E-state index contributed by atoms with van der Waals surface area (Å²) in [6.07, 6.45) is 1.98. The van der Waals surface area contributed by atoms with Crippen molar-refractivity contribution in [2.45, 2.75) is 46.6 Å². The molecule has 0 aliphatic rings. The number of hydrogen-bond acceptors (Lipinski definition) is 3. The van der Waals surface area contributed by atoms with Crippen LogP contribution in [-0.4, -0.2) is 51.3 Å². The number of nitrogens with one attached hydrogen (secondary N) is 3. The van der Waals surface area contributed by atoms with Gasteiger partial charge in [0, 0.05) is 38.9 Å². The Labute approximate surface area is 187 Å². The lowest BCUT2D eigenvalue weighted by Gasteiger charge is -2.20. The molecule has 0 radical (unpaired) electrons. The zero-order valence-corrected chi connectivity index (χ0v) is 20.2. The zero-order chi connectivity index (χ0) is 20.1. The number of halogens is 1. The van der Waals surface area contributed by atoms with E-state index >= 15 is 0 Å². The summed E-state index contributed by atoms with van der Waals surface area (Å²) in [5, 5.41) is 9.30. The Kier molecular flexibility index (Phi) is 14.8. The van der Waals surface area contributed by atoms with Gasteiger partial charge in [0.25, 0.3) is 5.91 Å². The Morgan fingerprint density at radius 2 is 1.96 bits per heavy atom. The van der Waals surface area contributed by atoms with Crippen LogP contribution in [-0.2, 0) is 11.2 Å². The van der Waals surface area contributed by atoms with Gasteiger partial charge in [-0.15, -0.1) is 24.0 Å². The average molecular weight is 504 g/mol. The SMILES string of the molecule is CCNC(=NCCC(OCC)C(C)C)NCCc1cccc(C(=O)NC)c1.I. The minimum Gasteiger partial charge on any atom is -0.378 e. The maximum Gasteiger partial charge on any atom is 0.251 e. The van der Waals surface area contributed by atoms with Crippen LogP contribution in [0.2, 0.25) is 0 Å². The van der Waals surface area contributed by atoms with E-state index in [2.05, 4.69) is 41.7 Å². The number of benzene rings is 1. The highest BCUT2D eigenvalue weighted by atomic mass is 127. The largest absolute Gasteiger partial charge is 0.378 e. The van der Waals surface area contributed by atoms with Crippen molar-refractivity contribution in [2.75, 3.05) is 33.3 Å². The predicted octanol–water partition coefficient (Wildman–Crippen LogP) is 3.21. The van der Waals surface area contributed by atoms with E-state index in [0.717, 1.165) is 50.6 Å². The summed E-state index contributed by atoms with van der Waals surface area (Å²) in [5.74, 6) is 1.25. The average Bonchev–Trinajstić information content (AvgIpc) is 2.66. The fraction of sp³-hybridized carbons (Fsp3) is 0.619. The number of aliphatic imine (C=N–C) groups is 1. The Bertz CT molecular complexity index is 594. The molecule has 0 saturated heterocycles. The molecule has 1 aromatic carbocycles. The van der Waals surface area contributed by atoms with Crippen LogP contribution in [0.25, 0.3) is 0 Å². The number of carbonyl (C=O) groups is 1. The third-order valence-electron chi connectivity index (χ3n) is 4.27. The number of ether oxygens (including phenoxy) is 1. The topological polar surface area (TPSA) is 74.8 Å². The molecule has 1 atom stereocenters. The second-order valence-electron chi connectivity index (χ2n) is 6.74. The standard InChI is InChI=1S/C21H36N4O2.HI/c1-6-23-21(25-14-12-19(16(3)4)27-7-2)24-13-11-17-9-8-10-18(15-17)20(26)22-5;/h8-10,15-16,19H,6-7,11-14H2,1-5H3,(H,22,26)(H2,23,24,25);1H. The molecule has 28 heavy (non-hydrogen) atoms. The van der Waals surface area contributed by atoms with Gasteiger partial charge < -0.3 is 20.7 Å². The van der Waals surface area contributed by atoms with E-state index in [1.165, 1.54) is 0 Å². The van der Waals surface area contributed by atoms with E-state index in [4.69, 9.17) is 4.74 Å². The number of amides is 1. The molecule has 1 amide bonds. The molecule has 0 saturated carbocycles. The first-order valence-electron chi connectivity index (χ1n) is 9.96. The van der Waals surface area contributed by atoms with Gasteiger partial charge in [-0.2, -0.15) is 0 Å². The van der Waals surface area contributed by atoms with Gasteiger partial charge in [0.2, 0.25) is 0 Å². The molecule has 1 aromatic rings. The summed E-state index contributed by atoms with van der Waals surface area (Å²) in [7, 11) is 1.64. The lowest BCUT2D eigenvalue weighted by molar-refractivity contribution is 0.0266. The summed E-state index contributed by atoms with van der Waals surface area (Å²) in [5.41, 5.74) is 1.81. The fourth-order valence-electron chi connectivity index (χ4n) is 2.81. The van der Waals surface area contributed by atoms with Crippen molar-refractivity contribution in [3.05, 3.63) is 35.4 Å². The Morgan fingerprint density at radius 3 is 2.57 bits per heavy atom. The minimum absolute atomic E-state index is 0. The van der Waals surface area contributed by atoms with E-state index in [9.17, 15) is 4.79 Å². The van der Waals surface area contributed by atoms with Crippen LogP contribution < -0.4 is 16.0 Å². The van der Waals surface area contributed by atoms with Crippen LogP contribution in [0.4, 0.5) is 0 Å². The molecule has 0 aliphatic carbocycles. The highest BCUT2D eigenvalue weighted by molar-refractivity contribution is 14.0. The third kappa shape index (κ3) is 10.3. The van der Waals surface area contributed by atoms with Crippen LogP contribution >= 0.6 is 24.0 Å². The second-order valence-corrected chi connectivity index (χ2v) is 6.74. The predicted molar refractivity (Wildman–Crippen MR) is 128 cm³/mol. The lowest BCUT2D eigenvalue weighted by atomic mass is 10.0. The summed E-state index contributed by atoms with van der Waals surface area (Å²) in [6, 6.07) is 7.71. The smallest absolute Gasteiger partial charge is 0.251 e. The van der Waals surface area contributed by atoms with Gasteiger partial charge in [-0.05, 0) is 50.3 Å². The summed E-state index contributed by atoms with van der Waals surface area (Å²) < 4.78 is 5.78. The van der Waals surface area contributed by atoms with Gasteiger partial charge in [-0.3, -0.25) is 9.79 Å². The zero-order valence-electron chi connectivity index (χ0n) is 17.9. The monoisotopic (exact) mass is 504 g/mol. The molecule has 160 valence electrons. The molecule has 0 aromatic heterocycles. The molecule has 1 rings (SSSR count). The van der Waals surface area contributed by atoms with Crippen LogP contribution in [0, 0.1) is 5.92 Å². The van der Waals surface area contributed by atoms with Crippen LogP contribution in [0.3, 0.4) is 0 Å². The van der Waals surface area contributed by atoms with E-state index in [1.807, 2.05) is 31.2 Å². The highest BCUT2D eigenvalue weighted by Crippen LogP contribution is 2.10. The molecular formula is C21H37IN4O2. The molecule has 1 unspecified atom stereocenters. The molecule has 3 N–H and O–H groups in total. The van der Waals surface area contributed by atoms with Crippen molar-refractivity contribution in [1.82, 2.24) is 16.0 Å². The van der Waals surface area contributed by atoms with Gasteiger partial charge in [0.1, 0.15) is 0 Å². The summed E-state index contributed by atoms with van der Waals surface area (Å²) in [6.45, 7) is 11.5. The summed E-state index contributed by atoms with van der Waals surface area (Å²) in [4.78, 5) is 16.4. The molecule has 0 bridgehead atoms. The normalized spacial score (nSPS) is 12.3. The van der Waals surface area contributed by atoms with E-state index in [1.54, 1.807) is 7.05 Å². The maximum absolute atomic E-state index is 11.7. The van der Waals surface area contributed by atoms with E-state index in [0.29, 0.717) is 11.5 Å². The fourth-order valence-corrected chi connectivity index (χ4v) is 2.81. The molecule has 0 fully saturated rings. The van der Waals surface area contributed by atoms with Crippen LogP contribution in [0.5, 0.6) is 0 Å². The first-order chi connectivity index (χ1) is 13.0. The van der Waals surface area contributed by atoms with Crippen molar-refractivity contribution < 1.29 is 9.53 Å². The van der Waals surface area contributed by atoms with E-state index < -0.39 is 0 Å². The van der Waals surface area contributed by atoms with Crippen molar-refractivity contribution in [3.63, 3.8) is 0 Å². The molecule has 0 spiro atoms. The third-order valence-corrected chi connectivity index (χ3v) is 4.27. The van der Waals surface area contributed by atoms with E-state index in [-0.39, 0.29) is 36.0 Å².